The van der Waals surface area contributed by atoms with Crippen molar-refractivity contribution in [1.29, 1.82) is 0 Å². The monoisotopic (exact) mass is 315 g/mol. The number of hydrogen-bond donors (Lipinski definition) is 1. The van der Waals surface area contributed by atoms with Gasteiger partial charge in [-0.25, -0.2) is 9.97 Å². The molecular formula is C17H25N5O. The highest BCUT2D eigenvalue weighted by Gasteiger charge is 2.17. The van der Waals surface area contributed by atoms with Crippen LogP contribution in [0.1, 0.15) is 38.2 Å². The molecule has 0 saturated heterocycles. The van der Waals surface area contributed by atoms with Crippen LogP contribution in [0.25, 0.3) is 0 Å². The Morgan fingerprint density at radius 1 is 1.30 bits per heavy atom. The lowest BCUT2D eigenvalue weighted by atomic mass is 10.2. The molecule has 6 heteroatoms. The van der Waals surface area contributed by atoms with Crippen LogP contribution < -0.4 is 10.2 Å². The Labute approximate surface area is 137 Å². The number of carbonyl (C=O) groups is 1. The van der Waals surface area contributed by atoms with Crippen LogP contribution in [0, 0.1) is 6.92 Å². The zero-order valence-corrected chi connectivity index (χ0v) is 14.3. The van der Waals surface area contributed by atoms with E-state index in [1.807, 2.05) is 36.7 Å². The maximum absolute atomic E-state index is 12.4. The largest absolute Gasteiger partial charge is 0.357 e. The Morgan fingerprint density at radius 2 is 2.04 bits per heavy atom. The molecule has 0 fully saturated rings. The second-order valence-electron chi connectivity index (χ2n) is 5.43. The van der Waals surface area contributed by atoms with Crippen LogP contribution in [0.2, 0.25) is 0 Å². The summed E-state index contributed by atoms with van der Waals surface area (Å²) in [4.78, 5) is 23.2. The molecule has 0 bridgehead atoms. The molecule has 2 aromatic heterocycles. The Morgan fingerprint density at radius 3 is 2.65 bits per heavy atom. The summed E-state index contributed by atoms with van der Waals surface area (Å²) in [6.45, 7) is 10.2. The van der Waals surface area contributed by atoms with Crippen LogP contribution in [0.15, 0.2) is 30.7 Å². The number of aromatic nitrogens is 3. The number of nitrogens with one attached hydrogen (secondary N) is 1. The first kappa shape index (κ1) is 17.0. The van der Waals surface area contributed by atoms with E-state index < -0.39 is 0 Å². The first-order chi connectivity index (χ1) is 11.1. The van der Waals surface area contributed by atoms with Crippen molar-refractivity contribution in [3.8, 4) is 0 Å². The Bertz CT molecular complexity index is 648. The van der Waals surface area contributed by atoms with Gasteiger partial charge in [-0.3, -0.25) is 4.79 Å². The minimum Gasteiger partial charge on any atom is -0.357 e. The fraction of sp³-hybridized carbons (Fsp3) is 0.471. The van der Waals surface area contributed by atoms with Crippen LogP contribution in [0.3, 0.4) is 0 Å². The summed E-state index contributed by atoms with van der Waals surface area (Å²) >= 11 is 0. The van der Waals surface area contributed by atoms with E-state index in [1.165, 1.54) is 0 Å². The molecule has 1 unspecified atom stereocenters. The van der Waals surface area contributed by atoms with Crippen molar-refractivity contribution in [3.63, 3.8) is 0 Å². The smallest absolute Gasteiger partial charge is 0.243 e. The van der Waals surface area contributed by atoms with Crippen LogP contribution in [-0.4, -0.2) is 33.5 Å². The molecule has 2 rings (SSSR count). The van der Waals surface area contributed by atoms with Crippen molar-refractivity contribution in [2.75, 3.05) is 18.0 Å². The van der Waals surface area contributed by atoms with Crippen molar-refractivity contribution >= 4 is 11.7 Å². The minimum absolute atomic E-state index is 0.0274. The zero-order chi connectivity index (χ0) is 16.8. The molecule has 0 aliphatic rings. The van der Waals surface area contributed by atoms with E-state index in [0.717, 1.165) is 30.3 Å². The van der Waals surface area contributed by atoms with Gasteiger partial charge >= 0.3 is 0 Å². The lowest BCUT2D eigenvalue weighted by Crippen LogP contribution is -2.32. The maximum Gasteiger partial charge on any atom is 0.243 e. The van der Waals surface area contributed by atoms with E-state index in [2.05, 4.69) is 34.0 Å². The average molecular weight is 315 g/mol. The molecule has 0 aliphatic carbocycles. The number of rotatable bonds is 7. The molecule has 0 radical (unpaired) electrons. The van der Waals surface area contributed by atoms with Crippen LogP contribution in [-0.2, 0) is 11.3 Å². The van der Waals surface area contributed by atoms with Gasteiger partial charge in [-0.2, -0.15) is 0 Å². The third-order valence-corrected chi connectivity index (χ3v) is 4.04. The highest BCUT2D eigenvalue weighted by Crippen LogP contribution is 2.17. The van der Waals surface area contributed by atoms with Crippen molar-refractivity contribution in [3.05, 3.63) is 42.1 Å². The van der Waals surface area contributed by atoms with Crippen molar-refractivity contribution in [2.45, 2.75) is 40.3 Å². The summed E-state index contributed by atoms with van der Waals surface area (Å²) in [5, 5.41) is 3.00. The molecule has 0 aliphatic heterocycles. The van der Waals surface area contributed by atoms with E-state index in [-0.39, 0.29) is 11.9 Å². The fourth-order valence-electron chi connectivity index (χ4n) is 2.63. The topological polar surface area (TPSA) is 63.1 Å². The minimum atomic E-state index is -0.286. The van der Waals surface area contributed by atoms with Gasteiger partial charge in [-0.05, 0) is 33.8 Å². The van der Waals surface area contributed by atoms with Crippen LogP contribution >= 0.6 is 0 Å². The molecular weight excluding hydrogens is 290 g/mol. The molecule has 124 valence electrons. The second kappa shape index (κ2) is 7.76. The number of anilines is 1. The van der Waals surface area contributed by atoms with Gasteiger partial charge in [-0.15, -0.1) is 0 Å². The summed E-state index contributed by atoms with van der Waals surface area (Å²) in [5.41, 5.74) is 1.03. The van der Waals surface area contributed by atoms with Gasteiger partial charge in [0.25, 0.3) is 0 Å². The number of nitrogens with zero attached hydrogens (tertiary/aromatic N) is 4. The zero-order valence-electron chi connectivity index (χ0n) is 14.3. The summed E-state index contributed by atoms with van der Waals surface area (Å²) in [5.74, 6) is 1.74. The lowest BCUT2D eigenvalue weighted by molar-refractivity contribution is -0.124. The number of amides is 1. The van der Waals surface area contributed by atoms with Gasteiger partial charge < -0.3 is 14.8 Å². The Balaban J connectivity index is 2.06. The molecule has 2 aromatic rings. The standard InChI is InChI=1S/C17H25N5O/c1-5-21(6-2)16-15(8-7-9-19-16)12-20-17(23)13(3)22-11-10-18-14(22)4/h7-11,13H,5-6,12H2,1-4H3,(H,20,23). The molecule has 2 heterocycles. The highest BCUT2D eigenvalue weighted by molar-refractivity contribution is 5.80. The number of imidazole rings is 1. The summed E-state index contributed by atoms with van der Waals surface area (Å²) in [6, 6.07) is 3.62. The van der Waals surface area contributed by atoms with E-state index in [9.17, 15) is 4.79 Å². The number of aryl methyl sites for hydroxylation is 1. The molecule has 0 spiro atoms. The molecule has 0 saturated carbocycles. The van der Waals surface area contributed by atoms with Gasteiger partial charge in [0.1, 0.15) is 17.7 Å². The fourth-order valence-corrected chi connectivity index (χ4v) is 2.63. The van der Waals surface area contributed by atoms with E-state index in [0.29, 0.717) is 6.54 Å². The number of carbonyl (C=O) groups excluding carboxylic acids is 1. The molecule has 23 heavy (non-hydrogen) atoms. The van der Waals surface area contributed by atoms with Crippen molar-refractivity contribution < 1.29 is 4.79 Å². The normalized spacial score (nSPS) is 12.0. The van der Waals surface area contributed by atoms with Gasteiger partial charge in [0.2, 0.25) is 5.91 Å². The third-order valence-electron chi connectivity index (χ3n) is 4.04. The van der Waals surface area contributed by atoms with Crippen molar-refractivity contribution in [2.24, 2.45) is 0 Å². The number of pyridine rings is 1. The third kappa shape index (κ3) is 3.88. The van der Waals surface area contributed by atoms with Crippen molar-refractivity contribution in [1.82, 2.24) is 19.9 Å². The predicted molar refractivity (Wildman–Crippen MR) is 91.3 cm³/mol. The first-order valence-corrected chi connectivity index (χ1v) is 8.04. The van der Waals surface area contributed by atoms with E-state index in [4.69, 9.17) is 0 Å². The summed E-state index contributed by atoms with van der Waals surface area (Å²) in [7, 11) is 0. The lowest BCUT2D eigenvalue weighted by Gasteiger charge is -2.23. The molecule has 0 aromatic carbocycles. The van der Waals surface area contributed by atoms with Crippen LogP contribution in [0.4, 0.5) is 5.82 Å². The SMILES string of the molecule is CCN(CC)c1ncccc1CNC(=O)C(C)n1ccnc1C. The summed E-state index contributed by atoms with van der Waals surface area (Å²) < 4.78 is 1.86. The maximum atomic E-state index is 12.4. The highest BCUT2D eigenvalue weighted by atomic mass is 16.2. The molecule has 6 nitrogen and oxygen atoms in total. The Hall–Kier alpha value is -2.37. The van der Waals surface area contributed by atoms with Gasteiger partial charge in [-0.1, -0.05) is 6.07 Å². The molecule has 1 atom stereocenters. The average Bonchev–Trinajstić information content (AvgIpc) is 3.00. The Kier molecular flexibility index (Phi) is 5.73. The molecule has 1 N–H and O–H groups in total. The van der Waals surface area contributed by atoms with Gasteiger partial charge in [0, 0.05) is 43.8 Å². The van der Waals surface area contributed by atoms with Gasteiger partial charge in [0.15, 0.2) is 0 Å². The van der Waals surface area contributed by atoms with E-state index in [1.54, 1.807) is 12.4 Å². The molecule has 1 amide bonds. The number of hydrogen-bond acceptors (Lipinski definition) is 4. The van der Waals surface area contributed by atoms with E-state index >= 15 is 0 Å². The quantitative estimate of drug-likeness (QED) is 0.851. The van der Waals surface area contributed by atoms with Gasteiger partial charge in [0.05, 0.1) is 0 Å². The first-order valence-electron chi connectivity index (χ1n) is 8.04. The summed E-state index contributed by atoms with van der Waals surface area (Å²) in [6.07, 6.45) is 5.32. The van der Waals surface area contributed by atoms with Crippen LogP contribution in [0.5, 0.6) is 0 Å². The second-order valence-corrected chi connectivity index (χ2v) is 5.43. The predicted octanol–water partition coefficient (Wildman–Crippen LogP) is 2.31.